The Morgan fingerprint density at radius 2 is 2.25 bits per heavy atom. The largest absolute Gasteiger partial charge is 0.305 e. The molecule has 4 heavy (non-hydrogen) atoms. The van der Waals surface area contributed by atoms with E-state index in [1.165, 1.54) is 0 Å². The van der Waals surface area contributed by atoms with Gasteiger partial charge in [-0.3, -0.25) is 0 Å². The quantitative estimate of drug-likeness (QED) is 0.407. The van der Waals surface area contributed by atoms with Gasteiger partial charge in [-0.15, -0.1) is 0 Å². The molecule has 1 aliphatic rings. The maximum Gasteiger partial charge on any atom is 0.0335 e. The number of rotatable bonds is 0. The lowest BCUT2D eigenvalue weighted by Crippen LogP contribution is -1.44. The van der Waals surface area contributed by atoms with Gasteiger partial charge in [0.1, 0.15) is 0 Å². The summed E-state index contributed by atoms with van der Waals surface area (Å²) in [4.78, 5) is 0. The molecule has 2 heteroatoms. The summed E-state index contributed by atoms with van der Waals surface area (Å²) in [5.41, 5.74) is 0.944. The smallest absolute Gasteiger partial charge is 0.0335 e. The topological polar surface area (TPSA) is 23.9 Å². The van der Waals surface area contributed by atoms with E-state index in [9.17, 15) is 0 Å². The summed E-state index contributed by atoms with van der Waals surface area (Å²) in [6, 6.07) is 0. The number of hydrogen-bond donors (Lipinski definition) is 1. The predicted octanol–water partition coefficient (Wildman–Crippen LogP) is 0.656. The minimum atomic E-state index is 0.890. The van der Waals surface area contributed by atoms with Crippen molar-refractivity contribution in [3.8, 4) is 0 Å². The van der Waals surface area contributed by atoms with Gasteiger partial charge in [0.15, 0.2) is 0 Å². The maximum atomic E-state index is 6.62. The first-order chi connectivity index (χ1) is 1.89. The Morgan fingerprint density at radius 1 is 2.00 bits per heavy atom. The zero-order valence-electron chi connectivity index (χ0n) is 2.21. The standard InChI is InChI=1S/C2H4NP/c3-2-1-4-2/h3-4H,1H2. The molecule has 0 aromatic carbocycles. The summed E-state index contributed by atoms with van der Waals surface area (Å²) in [5, 5.41) is 6.62. The van der Waals surface area contributed by atoms with E-state index in [0.29, 0.717) is 0 Å². The van der Waals surface area contributed by atoms with Gasteiger partial charge in [-0.2, -0.15) is 0 Å². The molecule has 0 aromatic heterocycles. The van der Waals surface area contributed by atoms with Gasteiger partial charge >= 0.3 is 0 Å². The van der Waals surface area contributed by atoms with E-state index in [-0.39, 0.29) is 0 Å². The summed E-state index contributed by atoms with van der Waals surface area (Å²) in [5.74, 6) is 0. The Labute approximate surface area is 26.7 Å². The number of hydrogen-bond acceptors (Lipinski definition) is 1. The molecule has 1 atom stereocenters. The van der Waals surface area contributed by atoms with Crippen LogP contribution in [0.5, 0.6) is 0 Å². The van der Waals surface area contributed by atoms with E-state index in [2.05, 4.69) is 0 Å². The van der Waals surface area contributed by atoms with E-state index in [0.717, 1.165) is 20.2 Å². The molecule has 1 rings (SSSR count). The van der Waals surface area contributed by atoms with Crippen LogP contribution in [0.3, 0.4) is 0 Å². The lowest BCUT2D eigenvalue weighted by Gasteiger charge is -1.33. The highest BCUT2D eigenvalue weighted by molar-refractivity contribution is 7.72. The van der Waals surface area contributed by atoms with Crippen molar-refractivity contribution in [2.45, 2.75) is 0 Å². The molecule has 0 amide bonds. The van der Waals surface area contributed by atoms with Gasteiger partial charge < -0.3 is 5.41 Å². The zero-order chi connectivity index (χ0) is 2.99. The molecule has 0 aromatic rings. The molecule has 1 N–H and O–H groups in total. The molecule has 0 bridgehead atoms. The first kappa shape index (κ1) is 2.34. The zero-order valence-corrected chi connectivity index (χ0v) is 3.21. The second-order valence-electron chi connectivity index (χ2n) is 0.832. The highest BCUT2D eigenvalue weighted by Gasteiger charge is 2.07. The molecule has 0 spiro atoms. The van der Waals surface area contributed by atoms with E-state index < -0.39 is 0 Å². The summed E-state index contributed by atoms with van der Waals surface area (Å²) in [6.45, 7) is 0. The monoisotopic (exact) mass is 73.0 g/mol. The van der Waals surface area contributed by atoms with E-state index in [4.69, 9.17) is 5.41 Å². The van der Waals surface area contributed by atoms with E-state index in [1.807, 2.05) is 0 Å². The minimum Gasteiger partial charge on any atom is -0.305 e. The Balaban J connectivity index is 2.60. The van der Waals surface area contributed by atoms with Crippen molar-refractivity contribution in [2.75, 3.05) is 6.16 Å². The molecule has 0 saturated carbocycles. The highest BCUT2D eigenvalue weighted by atomic mass is 31.1. The van der Waals surface area contributed by atoms with E-state index in [1.54, 1.807) is 0 Å². The summed E-state index contributed by atoms with van der Waals surface area (Å²) in [7, 11) is 0.890. The van der Waals surface area contributed by atoms with Gasteiger partial charge in [0, 0.05) is 11.6 Å². The van der Waals surface area contributed by atoms with Gasteiger partial charge in [-0.25, -0.2) is 0 Å². The van der Waals surface area contributed by atoms with Crippen LogP contribution in [-0.4, -0.2) is 11.6 Å². The Hall–Kier alpha value is 0.100. The van der Waals surface area contributed by atoms with Crippen LogP contribution in [0, 0.1) is 5.41 Å². The molecule has 1 fully saturated rings. The van der Waals surface area contributed by atoms with Crippen molar-refractivity contribution in [2.24, 2.45) is 0 Å². The predicted molar refractivity (Wildman–Crippen MR) is 20.9 cm³/mol. The van der Waals surface area contributed by atoms with Crippen LogP contribution in [0.2, 0.25) is 0 Å². The van der Waals surface area contributed by atoms with Crippen LogP contribution in [0.15, 0.2) is 0 Å². The lowest BCUT2D eigenvalue weighted by atomic mass is 10.9. The van der Waals surface area contributed by atoms with Gasteiger partial charge in [0.2, 0.25) is 0 Å². The van der Waals surface area contributed by atoms with Crippen LogP contribution in [0.1, 0.15) is 0 Å². The Bertz CT molecular complexity index is 44.0. The van der Waals surface area contributed by atoms with Crippen LogP contribution in [0.25, 0.3) is 0 Å². The van der Waals surface area contributed by atoms with Gasteiger partial charge in [0.05, 0.1) is 0 Å². The average Bonchev–Trinajstić information content (AvgIpc) is 1.75. The summed E-state index contributed by atoms with van der Waals surface area (Å²) >= 11 is 0. The fraction of sp³-hybridized carbons (Fsp3) is 0.500. The third-order valence-corrected chi connectivity index (χ3v) is 1.06. The third kappa shape index (κ3) is 0.264. The second kappa shape index (κ2) is 0.526. The van der Waals surface area contributed by atoms with Crippen LogP contribution in [-0.2, 0) is 0 Å². The second-order valence-corrected chi connectivity index (χ2v) is 2.14. The molecule has 1 saturated heterocycles. The highest BCUT2D eigenvalue weighted by Crippen LogP contribution is 2.28. The molecule has 1 heterocycles. The van der Waals surface area contributed by atoms with Crippen molar-refractivity contribution in [3.05, 3.63) is 0 Å². The third-order valence-electron chi connectivity index (χ3n) is 0.354. The SMILES string of the molecule is N=C1CP1. The van der Waals surface area contributed by atoms with Gasteiger partial charge in [-0.05, 0) is 0 Å². The number of nitrogens with one attached hydrogen (secondary N) is 1. The van der Waals surface area contributed by atoms with Crippen LogP contribution in [0.4, 0.5) is 0 Å². The van der Waals surface area contributed by atoms with Crippen molar-refractivity contribution in [1.82, 2.24) is 0 Å². The van der Waals surface area contributed by atoms with Crippen LogP contribution >= 0.6 is 8.58 Å². The molecular weight excluding hydrogens is 69.0 g/mol. The molecule has 1 unspecified atom stereocenters. The fourth-order valence-electron chi connectivity index (χ4n) is 0.0442. The average molecular weight is 73.0 g/mol. The van der Waals surface area contributed by atoms with Crippen molar-refractivity contribution >= 4 is 14.0 Å². The molecular formula is C2H4NP. The maximum absolute atomic E-state index is 6.62. The lowest BCUT2D eigenvalue weighted by molar-refractivity contribution is 1.56. The molecule has 0 radical (unpaired) electrons. The Kier molecular flexibility index (Phi) is 0.308. The summed E-state index contributed by atoms with van der Waals surface area (Å²) in [6.07, 6.45) is 1.10. The van der Waals surface area contributed by atoms with Gasteiger partial charge in [0.25, 0.3) is 0 Å². The van der Waals surface area contributed by atoms with Crippen LogP contribution < -0.4 is 0 Å². The summed E-state index contributed by atoms with van der Waals surface area (Å²) < 4.78 is 0. The molecule has 22 valence electrons. The molecule has 0 aliphatic carbocycles. The van der Waals surface area contributed by atoms with Crippen molar-refractivity contribution in [3.63, 3.8) is 0 Å². The molecule has 1 nitrogen and oxygen atoms in total. The Morgan fingerprint density at radius 3 is 2.25 bits per heavy atom. The fourth-order valence-corrected chi connectivity index (χ4v) is 0.133. The normalized spacial score (nSPS) is 27.5. The first-order valence-electron chi connectivity index (χ1n) is 1.21. The van der Waals surface area contributed by atoms with Crippen molar-refractivity contribution in [1.29, 1.82) is 5.41 Å². The minimum absolute atomic E-state index is 0.890. The van der Waals surface area contributed by atoms with Crippen molar-refractivity contribution < 1.29 is 0 Å². The van der Waals surface area contributed by atoms with E-state index >= 15 is 0 Å². The molecule has 1 aliphatic heterocycles. The first-order valence-corrected chi connectivity index (χ1v) is 2.41. The van der Waals surface area contributed by atoms with Gasteiger partial charge in [-0.1, -0.05) is 8.58 Å².